The molecule has 0 aliphatic carbocycles. The largest absolute Gasteiger partial charge is 0.480 e. The first-order valence-corrected chi connectivity index (χ1v) is 6.41. The highest BCUT2D eigenvalue weighted by Crippen LogP contribution is 2.16. The molecule has 0 fully saturated rings. The Morgan fingerprint density at radius 1 is 1.11 bits per heavy atom. The first kappa shape index (κ1) is 18.3. The molecular formula is C12H25NO6. The number of aliphatic carboxylic acids is 1. The van der Waals surface area contributed by atoms with Crippen LogP contribution in [0.1, 0.15) is 20.3 Å². The average molecular weight is 279 g/mol. The lowest BCUT2D eigenvalue weighted by Gasteiger charge is -2.34. The molecule has 7 heteroatoms. The molecule has 5 N–H and O–H groups in total. The summed E-state index contributed by atoms with van der Waals surface area (Å²) in [6, 6.07) is -0.882. The van der Waals surface area contributed by atoms with Crippen LogP contribution in [0.5, 0.6) is 0 Å². The molecule has 0 heterocycles. The molecule has 114 valence electrons. The average Bonchev–Trinajstić information content (AvgIpc) is 2.37. The topological polar surface area (TPSA) is 121 Å². The second kappa shape index (κ2) is 9.22. The number of aliphatic hydroxyl groups excluding tert-OH is 4. The predicted molar refractivity (Wildman–Crippen MR) is 68.6 cm³/mol. The van der Waals surface area contributed by atoms with E-state index >= 15 is 0 Å². The van der Waals surface area contributed by atoms with Crippen molar-refractivity contribution in [3.8, 4) is 0 Å². The van der Waals surface area contributed by atoms with Gasteiger partial charge in [0.25, 0.3) is 0 Å². The Labute approximate surface area is 113 Å². The fourth-order valence-electron chi connectivity index (χ4n) is 1.94. The van der Waals surface area contributed by atoms with Gasteiger partial charge in [-0.05, 0) is 5.92 Å². The van der Waals surface area contributed by atoms with Gasteiger partial charge in [-0.3, -0.25) is 9.69 Å². The summed E-state index contributed by atoms with van der Waals surface area (Å²) in [6.07, 6.45) is -1.55. The highest BCUT2D eigenvalue weighted by Gasteiger charge is 2.32. The molecule has 0 rings (SSSR count). The molecule has 2 unspecified atom stereocenters. The van der Waals surface area contributed by atoms with Crippen LogP contribution < -0.4 is 0 Å². The van der Waals surface area contributed by atoms with Gasteiger partial charge in [-0.25, -0.2) is 0 Å². The van der Waals surface area contributed by atoms with Crippen molar-refractivity contribution in [3.63, 3.8) is 0 Å². The van der Waals surface area contributed by atoms with Crippen LogP contribution in [0.25, 0.3) is 0 Å². The fraction of sp³-hybridized carbons (Fsp3) is 0.917. The highest BCUT2D eigenvalue weighted by atomic mass is 16.4. The Balaban J connectivity index is 4.97. The van der Waals surface area contributed by atoms with Gasteiger partial charge in [-0.1, -0.05) is 20.3 Å². The molecular weight excluding hydrogens is 254 g/mol. The zero-order valence-electron chi connectivity index (χ0n) is 11.4. The monoisotopic (exact) mass is 279 g/mol. The van der Waals surface area contributed by atoms with Crippen LogP contribution in [0.15, 0.2) is 0 Å². The van der Waals surface area contributed by atoms with E-state index in [4.69, 9.17) is 10.2 Å². The van der Waals surface area contributed by atoms with E-state index < -0.39 is 37.4 Å². The van der Waals surface area contributed by atoms with E-state index in [2.05, 4.69) is 0 Å². The number of rotatable bonds is 10. The van der Waals surface area contributed by atoms with Crippen LogP contribution in [-0.2, 0) is 4.79 Å². The summed E-state index contributed by atoms with van der Waals surface area (Å²) in [5.41, 5.74) is 0. The second-order valence-corrected chi connectivity index (χ2v) is 4.80. The van der Waals surface area contributed by atoms with Gasteiger partial charge in [-0.15, -0.1) is 0 Å². The minimum Gasteiger partial charge on any atom is -0.480 e. The van der Waals surface area contributed by atoms with Crippen LogP contribution in [0.4, 0.5) is 0 Å². The highest BCUT2D eigenvalue weighted by molar-refractivity contribution is 5.73. The minimum absolute atomic E-state index is 0.0745. The van der Waals surface area contributed by atoms with Crippen LogP contribution in [0.3, 0.4) is 0 Å². The van der Waals surface area contributed by atoms with Crippen LogP contribution in [0, 0.1) is 5.92 Å². The number of carbonyl (C=O) groups is 1. The summed E-state index contributed by atoms with van der Waals surface area (Å²) in [6.45, 7) is 2.49. The Hall–Kier alpha value is -0.730. The molecule has 0 bridgehead atoms. The Bertz CT molecular complexity index is 251. The molecule has 0 spiro atoms. The van der Waals surface area contributed by atoms with E-state index in [0.29, 0.717) is 6.42 Å². The first-order valence-electron chi connectivity index (χ1n) is 6.41. The van der Waals surface area contributed by atoms with E-state index in [1.54, 1.807) is 6.92 Å². The number of hydrogen-bond acceptors (Lipinski definition) is 6. The van der Waals surface area contributed by atoms with E-state index in [9.17, 15) is 20.1 Å². The lowest BCUT2D eigenvalue weighted by Crippen LogP contribution is -2.52. The van der Waals surface area contributed by atoms with Gasteiger partial charge in [0.15, 0.2) is 0 Å². The van der Waals surface area contributed by atoms with Crippen LogP contribution in [-0.4, -0.2) is 81.0 Å². The van der Waals surface area contributed by atoms with E-state index in [0.717, 1.165) is 0 Å². The fourth-order valence-corrected chi connectivity index (χ4v) is 1.94. The maximum Gasteiger partial charge on any atom is 0.321 e. The van der Waals surface area contributed by atoms with Gasteiger partial charge in [0, 0.05) is 13.1 Å². The molecule has 0 aliphatic rings. The molecule has 0 saturated heterocycles. The lowest BCUT2D eigenvalue weighted by atomic mass is 9.97. The molecule has 0 amide bonds. The number of carboxylic acids is 1. The Morgan fingerprint density at radius 2 is 1.53 bits per heavy atom. The third-order valence-corrected chi connectivity index (χ3v) is 3.14. The smallest absolute Gasteiger partial charge is 0.321 e. The van der Waals surface area contributed by atoms with Crippen molar-refractivity contribution >= 4 is 5.97 Å². The number of carboxylic acid groups (broad SMARTS) is 1. The van der Waals surface area contributed by atoms with E-state index in [1.165, 1.54) is 4.90 Å². The van der Waals surface area contributed by atoms with Crippen molar-refractivity contribution in [2.24, 2.45) is 5.92 Å². The maximum atomic E-state index is 11.4. The molecule has 0 aromatic rings. The Kier molecular flexibility index (Phi) is 8.86. The molecule has 0 aromatic heterocycles. The third kappa shape index (κ3) is 6.31. The molecule has 7 nitrogen and oxygen atoms in total. The van der Waals surface area contributed by atoms with Gasteiger partial charge >= 0.3 is 5.97 Å². The number of nitrogens with zero attached hydrogens (tertiary/aromatic N) is 1. The van der Waals surface area contributed by atoms with E-state index in [1.807, 2.05) is 6.92 Å². The second-order valence-electron chi connectivity index (χ2n) is 4.80. The van der Waals surface area contributed by atoms with Crippen molar-refractivity contribution < 1.29 is 30.3 Å². The van der Waals surface area contributed by atoms with Crippen LogP contribution >= 0.6 is 0 Å². The summed E-state index contributed by atoms with van der Waals surface area (Å²) >= 11 is 0. The van der Waals surface area contributed by atoms with Crippen molar-refractivity contribution in [3.05, 3.63) is 0 Å². The molecule has 0 aromatic carbocycles. The Morgan fingerprint density at radius 3 is 1.79 bits per heavy atom. The van der Waals surface area contributed by atoms with Gasteiger partial charge in [0.2, 0.25) is 0 Å². The summed E-state index contributed by atoms with van der Waals surface area (Å²) in [5, 5.41) is 45.9. The van der Waals surface area contributed by atoms with Crippen LogP contribution in [0.2, 0.25) is 0 Å². The number of aliphatic hydroxyl groups is 4. The van der Waals surface area contributed by atoms with Crippen molar-refractivity contribution in [1.29, 1.82) is 0 Å². The van der Waals surface area contributed by atoms with Crippen molar-refractivity contribution in [2.45, 2.75) is 38.5 Å². The standard InChI is InChI=1S/C12H25NO6/c1-3-8(2)11(12(18)19)13(4-9(16)6-14)5-10(17)7-15/h8-11,14-17H,3-7H2,1-2H3,(H,18,19)/t8-,9?,10?,11-/m0/s1. The quantitative estimate of drug-likeness (QED) is 0.330. The summed E-state index contributed by atoms with van der Waals surface area (Å²) in [4.78, 5) is 12.7. The van der Waals surface area contributed by atoms with Gasteiger partial charge < -0.3 is 25.5 Å². The van der Waals surface area contributed by atoms with E-state index in [-0.39, 0.29) is 19.0 Å². The van der Waals surface area contributed by atoms with Gasteiger partial charge in [0.1, 0.15) is 6.04 Å². The lowest BCUT2D eigenvalue weighted by molar-refractivity contribution is -0.147. The molecule has 0 aliphatic heterocycles. The zero-order chi connectivity index (χ0) is 15.0. The zero-order valence-corrected chi connectivity index (χ0v) is 11.4. The maximum absolute atomic E-state index is 11.4. The normalized spacial score (nSPS) is 18.1. The molecule has 4 atom stereocenters. The molecule has 0 radical (unpaired) electrons. The number of hydrogen-bond donors (Lipinski definition) is 5. The minimum atomic E-state index is -1.09. The third-order valence-electron chi connectivity index (χ3n) is 3.14. The van der Waals surface area contributed by atoms with Gasteiger partial charge in [0.05, 0.1) is 25.4 Å². The first-order chi connectivity index (χ1) is 8.87. The van der Waals surface area contributed by atoms with Crippen molar-refractivity contribution in [2.75, 3.05) is 26.3 Å². The summed E-state index contributed by atoms with van der Waals surface area (Å²) < 4.78 is 0. The SMILES string of the molecule is CC[C@H](C)[C@@H](C(=O)O)N(CC(O)CO)CC(O)CO. The summed E-state index contributed by atoms with van der Waals surface area (Å²) in [7, 11) is 0. The predicted octanol–water partition coefficient (Wildman–Crippen LogP) is -1.51. The summed E-state index contributed by atoms with van der Waals surface area (Å²) in [5.74, 6) is -1.24. The molecule has 19 heavy (non-hydrogen) atoms. The van der Waals surface area contributed by atoms with Gasteiger partial charge in [-0.2, -0.15) is 0 Å². The van der Waals surface area contributed by atoms with Crippen molar-refractivity contribution in [1.82, 2.24) is 4.90 Å². The molecule has 0 saturated carbocycles.